The standard InChI is InChI=1S/C21H19N3O2/c1-14-9-10-16-17(12-14)24(11-5-8-15-6-3-2-4-7-15)18-13-19(25)23-21(26)20(18)22-16/h2-4,6-7,9-10,12-13H,5,8,11H2,1H3,(H,23,25,26). The van der Waals surface area contributed by atoms with Crippen LogP contribution in [0.5, 0.6) is 0 Å². The average Bonchev–Trinajstić information content (AvgIpc) is 2.63. The molecule has 2 heterocycles. The third kappa shape index (κ3) is 3.04. The summed E-state index contributed by atoms with van der Waals surface area (Å²) >= 11 is 0. The van der Waals surface area contributed by atoms with Gasteiger partial charge in [-0.25, -0.2) is 4.98 Å². The summed E-state index contributed by atoms with van der Waals surface area (Å²) in [5, 5.41) is 0. The summed E-state index contributed by atoms with van der Waals surface area (Å²) in [4.78, 5) is 30.9. The molecular weight excluding hydrogens is 326 g/mol. The van der Waals surface area contributed by atoms with Crippen molar-refractivity contribution in [2.75, 3.05) is 0 Å². The van der Waals surface area contributed by atoms with E-state index in [0.717, 1.165) is 29.4 Å². The van der Waals surface area contributed by atoms with Crippen LogP contribution in [0.1, 0.15) is 17.5 Å². The number of aryl methyl sites for hydroxylation is 3. The van der Waals surface area contributed by atoms with Crippen LogP contribution in [-0.2, 0) is 13.0 Å². The molecule has 26 heavy (non-hydrogen) atoms. The first kappa shape index (κ1) is 16.3. The number of nitrogens with zero attached hydrogens (tertiary/aromatic N) is 2. The van der Waals surface area contributed by atoms with Crippen molar-refractivity contribution >= 4 is 11.0 Å². The second-order valence-electron chi connectivity index (χ2n) is 6.54. The maximum absolute atomic E-state index is 12.2. The summed E-state index contributed by atoms with van der Waals surface area (Å²) in [6.45, 7) is 2.73. The molecule has 2 aliphatic heterocycles. The summed E-state index contributed by atoms with van der Waals surface area (Å²) in [5.74, 6) is 0. The van der Waals surface area contributed by atoms with Crippen LogP contribution in [0.2, 0.25) is 0 Å². The van der Waals surface area contributed by atoms with Crippen LogP contribution in [0.3, 0.4) is 0 Å². The molecule has 0 unspecified atom stereocenters. The lowest BCUT2D eigenvalue weighted by Crippen LogP contribution is -2.25. The molecule has 0 saturated heterocycles. The first-order chi connectivity index (χ1) is 12.6. The number of nitrogens with one attached hydrogen (secondary N) is 1. The number of fused-ring (bicyclic) bond motifs is 2. The van der Waals surface area contributed by atoms with Gasteiger partial charge in [0.15, 0.2) is 5.69 Å². The van der Waals surface area contributed by atoms with Crippen LogP contribution in [0.4, 0.5) is 0 Å². The maximum Gasteiger partial charge on any atom is 0.278 e. The smallest absolute Gasteiger partial charge is 0.278 e. The minimum absolute atomic E-state index is 0.306. The minimum Gasteiger partial charge on any atom is -0.338 e. The second kappa shape index (κ2) is 6.59. The monoisotopic (exact) mass is 345 g/mol. The molecular formula is C21H19N3O2. The number of hydrogen-bond donors (Lipinski definition) is 1. The number of pyridine rings is 1. The van der Waals surface area contributed by atoms with E-state index in [-0.39, 0.29) is 0 Å². The van der Waals surface area contributed by atoms with E-state index < -0.39 is 11.1 Å². The molecule has 5 nitrogen and oxygen atoms in total. The summed E-state index contributed by atoms with van der Waals surface area (Å²) in [5.41, 5.74) is 4.14. The topological polar surface area (TPSA) is 67.8 Å². The van der Waals surface area contributed by atoms with Crippen molar-refractivity contribution in [1.82, 2.24) is 14.5 Å². The Balaban J connectivity index is 1.82. The Kier molecular flexibility index (Phi) is 4.13. The summed E-state index contributed by atoms with van der Waals surface area (Å²) in [6, 6.07) is 17.7. The molecule has 2 aromatic rings. The van der Waals surface area contributed by atoms with Gasteiger partial charge in [0.05, 0.1) is 16.7 Å². The van der Waals surface area contributed by atoms with E-state index >= 15 is 0 Å². The van der Waals surface area contributed by atoms with Crippen molar-refractivity contribution < 1.29 is 0 Å². The lowest BCUT2D eigenvalue weighted by Gasteiger charge is -2.18. The largest absolute Gasteiger partial charge is 0.338 e. The highest BCUT2D eigenvalue weighted by Gasteiger charge is 2.16. The number of rotatable bonds is 4. The van der Waals surface area contributed by atoms with Gasteiger partial charge in [0, 0.05) is 12.6 Å². The third-order valence-corrected chi connectivity index (χ3v) is 4.60. The minimum atomic E-state index is -0.438. The molecule has 130 valence electrons. The predicted molar refractivity (Wildman–Crippen MR) is 103 cm³/mol. The lowest BCUT2D eigenvalue weighted by atomic mass is 10.1. The quantitative estimate of drug-likeness (QED) is 0.578. The molecule has 0 amide bonds. The van der Waals surface area contributed by atoms with E-state index in [4.69, 9.17) is 0 Å². The van der Waals surface area contributed by atoms with Crippen LogP contribution in [0, 0.1) is 6.92 Å². The van der Waals surface area contributed by atoms with Gasteiger partial charge in [0.1, 0.15) is 0 Å². The Labute approximate surface area is 150 Å². The van der Waals surface area contributed by atoms with Gasteiger partial charge in [-0.1, -0.05) is 36.4 Å². The summed E-state index contributed by atoms with van der Waals surface area (Å²) in [7, 11) is 0. The van der Waals surface area contributed by atoms with Gasteiger partial charge in [-0.2, -0.15) is 0 Å². The lowest BCUT2D eigenvalue weighted by molar-refractivity contribution is 0.659. The Morgan fingerprint density at radius 3 is 2.65 bits per heavy atom. The van der Waals surface area contributed by atoms with E-state index in [9.17, 15) is 9.59 Å². The van der Waals surface area contributed by atoms with Crippen molar-refractivity contribution in [3.05, 3.63) is 86.4 Å². The molecule has 0 fully saturated rings. The van der Waals surface area contributed by atoms with Crippen molar-refractivity contribution in [3.63, 3.8) is 0 Å². The van der Waals surface area contributed by atoms with Gasteiger partial charge < -0.3 is 4.57 Å². The molecule has 0 atom stereocenters. The maximum atomic E-state index is 12.2. The van der Waals surface area contributed by atoms with Gasteiger partial charge in [0.25, 0.3) is 11.1 Å². The van der Waals surface area contributed by atoms with Crippen molar-refractivity contribution in [3.8, 4) is 11.4 Å². The molecule has 5 heteroatoms. The van der Waals surface area contributed by atoms with Gasteiger partial charge in [0.2, 0.25) is 0 Å². The average molecular weight is 345 g/mol. The highest BCUT2D eigenvalue weighted by Crippen LogP contribution is 2.23. The molecule has 0 saturated carbocycles. The number of benzene rings is 2. The zero-order valence-corrected chi connectivity index (χ0v) is 14.5. The first-order valence-electron chi connectivity index (χ1n) is 8.70. The van der Waals surface area contributed by atoms with Crippen LogP contribution in [0.25, 0.3) is 22.4 Å². The third-order valence-electron chi connectivity index (χ3n) is 4.60. The van der Waals surface area contributed by atoms with E-state index in [1.807, 2.05) is 41.8 Å². The zero-order valence-electron chi connectivity index (χ0n) is 14.5. The number of aromatic amines is 1. The Morgan fingerprint density at radius 2 is 1.85 bits per heavy atom. The molecule has 1 N–H and O–H groups in total. The van der Waals surface area contributed by atoms with Crippen molar-refractivity contribution in [1.29, 1.82) is 0 Å². The molecule has 2 aromatic carbocycles. The van der Waals surface area contributed by atoms with Gasteiger partial charge >= 0.3 is 0 Å². The van der Waals surface area contributed by atoms with E-state index in [1.54, 1.807) is 0 Å². The van der Waals surface area contributed by atoms with Gasteiger partial charge in [-0.15, -0.1) is 0 Å². The summed E-state index contributed by atoms with van der Waals surface area (Å²) in [6.07, 6.45) is 1.83. The van der Waals surface area contributed by atoms with E-state index in [2.05, 4.69) is 28.2 Å². The fraction of sp³-hybridized carbons (Fsp3) is 0.190. The van der Waals surface area contributed by atoms with Gasteiger partial charge in [-0.05, 0) is 43.0 Å². The molecule has 0 spiro atoms. The molecule has 0 radical (unpaired) electrons. The van der Waals surface area contributed by atoms with Crippen LogP contribution >= 0.6 is 0 Å². The molecule has 0 bridgehead atoms. The Hall–Kier alpha value is -3.21. The second-order valence-corrected chi connectivity index (χ2v) is 6.54. The predicted octanol–water partition coefficient (Wildman–Crippen LogP) is 3.13. The van der Waals surface area contributed by atoms with Crippen LogP contribution < -0.4 is 11.1 Å². The van der Waals surface area contributed by atoms with Crippen LogP contribution in [0.15, 0.2) is 64.2 Å². The SMILES string of the molecule is Cc1ccc2nc3c(=O)[nH]c(=O)cc-3n(CCCc3ccccc3)c2c1. The Morgan fingerprint density at radius 1 is 1.04 bits per heavy atom. The first-order valence-corrected chi connectivity index (χ1v) is 8.70. The van der Waals surface area contributed by atoms with Crippen molar-refractivity contribution in [2.24, 2.45) is 0 Å². The van der Waals surface area contributed by atoms with Crippen LogP contribution in [-0.4, -0.2) is 14.5 Å². The highest BCUT2D eigenvalue weighted by atomic mass is 16.2. The molecule has 0 aromatic heterocycles. The summed E-state index contributed by atoms with van der Waals surface area (Å²) < 4.78 is 2.05. The number of H-pyrrole nitrogens is 1. The highest BCUT2D eigenvalue weighted by molar-refractivity contribution is 5.80. The Bertz CT molecular complexity index is 1160. The van der Waals surface area contributed by atoms with Gasteiger partial charge in [-0.3, -0.25) is 14.6 Å². The normalized spacial score (nSPS) is 11.3. The van der Waals surface area contributed by atoms with E-state index in [1.165, 1.54) is 11.6 Å². The van der Waals surface area contributed by atoms with E-state index in [0.29, 0.717) is 17.9 Å². The fourth-order valence-corrected chi connectivity index (χ4v) is 3.35. The molecule has 2 aliphatic rings. The number of aromatic nitrogens is 3. The fourth-order valence-electron chi connectivity index (χ4n) is 3.35. The molecule has 4 rings (SSSR count). The number of hydrogen-bond acceptors (Lipinski definition) is 3. The van der Waals surface area contributed by atoms with Crippen molar-refractivity contribution in [2.45, 2.75) is 26.3 Å². The molecule has 0 aliphatic carbocycles. The zero-order chi connectivity index (χ0) is 18.1.